The summed E-state index contributed by atoms with van der Waals surface area (Å²) in [6.07, 6.45) is 1.65. The molecule has 7 heteroatoms. The van der Waals surface area contributed by atoms with Crippen molar-refractivity contribution in [2.45, 2.75) is 0 Å². The van der Waals surface area contributed by atoms with Crippen LogP contribution in [0.5, 0.6) is 5.75 Å². The van der Waals surface area contributed by atoms with Gasteiger partial charge in [0, 0.05) is 22.7 Å². The molecular weight excluding hydrogens is 408 g/mol. The van der Waals surface area contributed by atoms with Gasteiger partial charge in [-0.05, 0) is 35.0 Å². The van der Waals surface area contributed by atoms with E-state index in [2.05, 4.69) is 33.5 Å². The topological polar surface area (TPSA) is 79.9 Å². The monoisotopic (exact) mass is 426 g/mol. The van der Waals surface area contributed by atoms with Gasteiger partial charge in [-0.15, -0.1) is 11.3 Å². The van der Waals surface area contributed by atoms with Gasteiger partial charge in [0.25, 0.3) is 5.91 Å². The second kappa shape index (κ2) is 8.04. The smallest absolute Gasteiger partial charge is 0.278 e. The summed E-state index contributed by atoms with van der Waals surface area (Å²) in [5.41, 5.74) is 2.72. The number of anilines is 1. The Hall–Kier alpha value is -3.97. The molecule has 0 unspecified atom stereocenters. The highest BCUT2D eigenvalue weighted by atomic mass is 32.1. The second-order valence-electron chi connectivity index (χ2n) is 6.86. The van der Waals surface area contributed by atoms with Gasteiger partial charge in [0.2, 0.25) is 0 Å². The van der Waals surface area contributed by atoms with Crippen molar-refractivity contribution in [1.82, 2.24) is 15.0 Å². The highest BCUT2D eigenvalue weighted by molar-refractivity contribution is 7.13. The number of carbonyl (C=O) groups excluding carboxylic acids is 1. The Labute approximate surface area is 182 Å². The molecule has 0 atom stereocenters. The zero-order valence-corrected chi connectivity index (χ0v) is 17.4. The minimum absolute atomic E-state index is 0.309. The molecule has 5 rings (SSSR count). The van der Waals surface area contributed by atoms with E-state index in [0.717, 1.165) is 27.6 Å². The van der Waals surface area contributed by atoms with Crippen molar-refractivity contribution >= 4 is 33.1 Å². The number of amides is 1. The van der Waals surface area contributed by atoms with E-state index in [1.807, 2.05) is 53.9 Å². The molecule has 2 heterocycles. The molecule has 1 amide bonds. The quantitative estimate of drug-likeness (QED) is 0.383. The zero-order valence-electron chi connectivity index (χ0n) is 16.6. The number of imidazole rings is 1. The van der Waals surface area contributed by atoms with Crippen molar-refractivity contribution in [1.29, 1.82) is 0 Å². The molecule has 0 saturated carbocycles. The highest BCUT2D eigenvalue weighted by Gasteiger charge is 2.21. The molecule has 0 bridgehead atoms. The molecule has 152 valence electrons. The Morgan fingerprint density at radius 1 is 1.03 bits per heavy atom. The van der Waals surface area contributed by atoms with E-state index in [1.165, 1.54) is 11.3 Å². The van der Waals surface area contributed by atoms with E-state index in [0.29, 0.717) is 22.3 Å². The maximum atomic E-state index is 13.1. The Balaban J connectivity index is 1.64. The lowest BCUT2D eigenvalue weighted by Crippen LogP contribution is -2.13. The zero-order chi connectivity index (χ0) is 21.2. The average Bonchev–Trinajstić information content (AvgIpc) is 3.49. The summed E-state index contributed by atoms with van der Waals surface area (Å²) in [7, 11) is 1.62. The third-order valence-corrected chi connectivity index (χ3v) is 5.68. The molecule has 0 aliphatic carbocycles. The highest BCUT2D eigenvalue weighted by Crippen LogP contribution is 2.31. The van der Waals surface area contributed by atoms with Crippen LogP contribution in [0.3, 0.4) is 0 Å². The van der Waals surface area contributed by atoms with Crippen LogP contribution in [0.25, 0.3) is 33.4 Å². The van der Waals surface area contributed by atoms with Crippen LogP contribution in [-0.4, -0.2) is 28.0 Å². The fraction of sp³-hybridized carbons (Fsp3) is 0.0417. The Kier molecular flexibility index (Phi) is 4.93. The lowest BCUT2D eigenvalue weighted by molar-refractivity contribution is 0.102. The molecule has 3 aromatic carbocycles. The van der Waals surface area contributed by atoms with Gasteiger partial charge in [0.15, 0.2) is 10.8 Å². The van der Waals surface area contributed by atoms with Gasteiger partial charge < -0.3 is 9.72 Å². The number of methoxy groups -OCH3 is 1. The molecule has 0 aliphatic heterocycles. The molecular formula is C24H18N4O2S. The van der Waals surface area contributed by atoms with Gasteiger partial charge in [-0.3, -0.25) is 10.1 Å². The van der Waals surface area contributed by atoms with Gasteiger partial charge in [0.05, 0.1) is 12.8 Å². The second-order valence-corrected chi connectivity index (χ2v) is 7.75. The molecule has 2 N–H and O–H groups in total. The largest absolute Gasteiger partial charge is 0.497 e. The molecule has 0 spiro atoms. The van der Waals surface area contributed by atoms with Crippen molar-refractivity contribution in [3.05, 3.63) is 84.0 Å². The van der Waals surface area contributed by atoms with Crippen LogP contribution < -0.4 is 10.1 Å². The molecule has 0 radical (unpaired) electrons. The number of H-pyrrole nitrogens is 1. The predicted octanol–water partition coefficient (Wildman–Crippen LogP) is 5.61. The number of ether oxygens (including phenoxy) is 1. The SMILES string of the molecule is COc1ccc(-c2[nH]c(-c3cccc4ccccc34)nc2C(=O)Nc2nccs2)cc1. The summed E-state index contributed by atoms with van der Waals surface area (Å²) in [6, 6.07) is 21.7. The number of nitrogens with zero attached hydrogens (tertiary/aromatic N) is 2. The van der Waals surface area contributed by atoms with E-state index >= 15 is 0 Å². The van der Waals surface area contributed by atoms with Crippen LogP contribution in [0.2, 0.25) is 0 Å². The van der Waals surface area contributed by atoms with Crippen LogP contribution in [0.15, 0.2) is 78.3 Å². The van der Waals surface area contributed by atoms with Crippen LogP contribution in [0.1, 0.15) is 10.5 Å². The average molecular weight is 427 g/mol. The van der Waals surface area contributed by atoms with Gasteiger partial charge >= 0.3 is 0 Å². The minimum atomic E-state index is -0.316. The number of hydrogen-bond donors (Lipinski definition) is 2. The number of aromatic nitrogens is 3. The Morgan fingerprint density at radius 2 is 1.84 bits per heavy atom. The number of thiazole rings is 1. The number of nitrogens with one attached hydrogen (secondary N) is 2. The van der Waals surface area contributed by atoms with Crippen molar-refractivity contribution in [2.75, 3.05) is 12.4 Å². The van der Waals surface area contributed by atoms with E-state index in [-0.39, 0.29) is 5.91 Å². The first kappa shape index (κ1) is 19.0. The molecule has 6 nitrogen and oxygen atoms in total. The van der Waals surface area contributed by atoms with E-state index in [1.54, 1.807) is 13.3 Å². The van der Waals surface area contributed by atoms with Gasteiger partial charge in [-0.25, -0.2) is 9.97 Å². The number of carbonyl (C=O) groups is 1. The first-order chi connectivity index (χ1) is 15.2. The predicted molar refractivity (Wildman–Crippen MR) is 124 cm³/mol. The maximum Gasteiger partial charge on any atom is 0.278 e. The van der Waals surface area contributed by atoms with Gasteiger partial charge in [-0.2, -0.15) is 0 Å². The lowest BCUT2D eigenvalue weighted by Gasteiger charge is -2.05. The lowest BCUT2D eigenvalue weighted by atomic mass is 10.0. The number of aromatic amines is 1. The van der Waals surface area contributed by atoms with Crippen molar-refractivity contribution in [2.24, 2.45) is 0 Å². The minimum Gasteiger partial charge on any atom is -0.497 e. The van der Waals surface area contributed by atoms with Crippen LogP contribution >= 0.6 is 11.3 Å². The van der Waals surface area contributed by atoms with Crippen molar-refractivity contribution in [3.8, 4) is 28.4 Å². The first-order valence-electron chi connectivity index (χ1n) is 9.66. The summed E-state index contributed by atoms with van der Waals surface area (Å²) in [5, 5.41) is 7.34. The van der Waals surface area contributed by atoms with Crippen molar-refractivity contribution in [3.63, 3.8) is 0 Å². The number of rotatable bonds is 5. The maximum absolute atomic E-state index is 13.1. The summed E-state index contributed by atoms with van der Waals surface area (Å²) < 4.78 is 5.26. The standard InChI is InChI=1S/C24H18N4O2S/c1-30-17-11-9-16(10-12-17)20-21(23(29)28-24-25-13-14-31-24)27-22(26-20)19-8-4-6-15-5-2-3-7-18(15)19/h2-14H,1H3,(H,26,27)(H,25,28,29). The fourth-order valence-corrected chi connectivity index (χ4v) is 4.03. The molecule has 0 saturated heterocycles. The summed E-state index contributed by atoms with van der Waals surface area (Å²) in [4.78, 5) is 25.3. The Bertz CT molecular complexity index is 1350. The Morgan fingerprint density at radius 3 is 2.61 bits per heavy atom. The normalized spacial score (nSPS) is 10.9. The van der Waals surface area contributed by atoms with Crippen molar-refractivity contribution < 1.29 is 9.53 Å². The molecule has 2 aromatic heterocycles. The summed E-state index contributed by atoms with van der Waals surface area (Å²) in [6.45, 7) is 0. The van der Waals surface area contributed by atoms with Crippen LogP contribution in [-0.2, 0) is 0 Å². The van der Waals surface area contributed by atoms with Gasteiger partial charge in [0.1, 0.15) is 11.6 Å². The third-order valence-electron chi connectivity index (χ3n) is 5.00. The molecule has 5 aromatic rings. The van der Waals surface area contributed by atoms with E-state index < -0.39 is 0 Å². The van der Waals surface area contributed by atoms with Crippen LogP contribution in [0, 0.1) is 0 Å². The molecule has 0 fully saturated rings. The summed E-state index contributed by atoms with van der Waals surface area (Å²) >= 11 is 1.36. The number of hydrogen-bond acceptors (Lipinski definition) is 5. The number of fused-ring (bicyclic) bond motifs is 1. The van der Waals surface area contributed by atoms with E-state index in [9.17, 15) is 4.79 Å². The summed E-state index contributed by atoms with van der Waals surface area (Å²) in [5.74, 6) is 1.06. The van der Waals surface area contributed by atoms with Crippen LogP contribution in [0.4, 0.5) is 5.13 Å². The van der Waals surface area contributed by atoms with E-state index in [4.69, 9.17) is 9.72 Å². The first-order valence-corrected chi connectivity index (χ1v) is 10.5. The molecule has 0 aliphatic rings. The fourth-order valence-electron chi connectivity index (χ4n) is 3.51. The third kappa shape index (κ3) is 3.67. The number of benzene rings is 3. The van der Waals surface area contributed by atoms with Gasteiger partial charge in [-0.1, -0.05) is 42.5 Å². The molecule has 31 heavy (non-hydrogen) atoms.